The molecule has 0 radical (unpaired) electrons. The minimum atomic E-state index is -0.804. The van der Waals surface area contributed by atoms with E-state index in [1.165, 1.54) is 6.07 Å². The quantitative estimate of drug-likeness (QED) is 0.389. The smallest absolute Gasteiger partial charge is 0.314 e. The molecule has 0 saturated carbocycles. The molecule has 11 nitrogen and oxygen atoms in total. The second-order valence-corrected chi connectivity index (χ2v) is 5.92. The number of nitro benzene ring substituents is 2. The van der Waals surface area contributed by atoms with Crippen molar-refractivity contribution in [2.45, 2.75) is 0 Å². The lowest BCUT2D eigenvalue weighted by molar-refractivity contribution is -0.385. The normalized spacial score (nSPS) is 10.6. The topological polar surface area (TPSA) is 157 Å². The number of phenols is 1. The zero-order valence-corrected chi connectivity index (χ0v) is 15.2. The lowest BCUT2D eigenvalue weighted by atomic mass is 10.2. The summed E-state index contributed by atoms with van der Waals surface area (Å²) < 4.78 is 5.07. The maximum absolute atomic E-state index is 11.8. The number of ether oxygens (including phenoxy) is 1. The largest absolute Gasteiger partial charge is 0.507 e. The molecule has 2 rings (SSSR count). The first-order valence-electron chi connectivity index (χ1n) is 7.24. The van der Waals surface area contributed by atoms with Crippen LogP contribution in [0.3, 0.4) is 0 Å². The number of hydrogen-bond donors (Lipinski definition) is 2. The molecule has 0 aliphatic heterocycles. The highest BCUT2D eigenvalue weighted by molar-refractivity contribution is 6.36. The van der Waals surface area contributed by atoms with Crippen LogP contribution in [0.1, 0.15) is 5.56 Å². The second kappa shape index (κ2) is 8.97. The van der Waals surface area contributed by atoms with Crippen LogP contribution in [0.2, 0.25) is 10.0 Å². The molecule has 2 N–H and O–H groups in total. The Balaban J connectivity index is 2.03. The van der Waals surface area contributed by atoms with Crippen molar-refractivity contribution in [3.8, 4) is 11.5 Å². The van der Waals surface area contributed by atoms with Crippen LogP contribution in [0, 0.1) is 20.2 Å². The molecule has 0 aliphatic rings. The van der Waals surface area contributed by atoms with Gasteiger partial charge in [0, 0.05) is 28.8 Å². The third-order valence-corrected chi connectivity index (χ3v) is 3.65. The van der Waals surface area contributed by atoms with E-state index in [4.69, 9.17) is 27.9 Å². The van der Waals surface area contributed by atoms with Gasteiger partial charge in [0.1, 0.15) is 5.75 Å². The fraction of sp³-hybridized carbons (Fsp3) is 0.0667. The van der Waals surface area contributed by atoms with Gasteiger partial charge in [-0.05, 0) is 12.1 Å². The Morgan fingerprint density at radius 3 is 2.57 bits per heavy atom. The van der Waals surface area contributed by atoms with Crippen LogP contribution in [0.4, 0.5) is 11.4 Å². The third kappa shape index (κ3) is 5.28. The van der Waals surface area contributed by atoms with Crippen LogP contribution in [-0.2, 0) is 4.79 Å². The van der Waals surface area contributed by atoms with E-state index in [0.29, 0.717) is 0 Å². The molecule has 1 amide bonds. The summed E-state index contributed by atoms with van der Waals surface area (Å²) in [6.45, 7) is -0.666. The summed E-state index contributed by atoms with van der Waals surface area (Å²) in [5.41, 5.74) is 1.24. The molecule has 13 heteroatoms. The summed E-state index contributed by atoms with van der Waals surface area (Å²) in [5.74, 6) is -1.43. The van der Waals surface area contributed by atoms with Gasteiger partial charge in [-0.25, -0.2) is 5.43 Å². The van der Waals surface area contributed by atoms with Crippen LogP contribution >= 0.6 is 23.2 Å². The first-order chi connectivity index (χ1) is 13.2. The van der Waals surface area contributed by atoms with E-state index in [1.54, 1.807) is 0 Å². The van der Waals surface area contributed by atoms with E-state index in [0.717, 1.165) is 30.5 Å². The van der Waals surface area contributed by atoms with Gasteiger partial charge in [-0.3, -0.25) is 25.0 Å². The second-order valence-electron chi connectivity index (χ2n) is 5.08. The Morgan fingerprint density at radius 1 is 1.21 bits per heavy atom. The van der Waals surface area contributed by atoms with Crippen LogP contribution in [0.15, 0.2) is 35.4 Å². The number of nitro groups is 2. The molecule has 0 unspecified atom stereocenters. The molecule has 0 aromatic heterocycles. The van der Waals surface area contributed by atoms with Crippen molar-refractivity contribution in [1.82, 2.24) is 5.43 Å². The summed E-state index contributed by atoms with van der Waals surface area (Å²) in [7, 11) is 0. The molecule has 2 aromatic carbocycles. The summed E-state index contributed by atoms with van der Waals surface area (Å²) in [4.78, 5) is 32.1. The van der Waals surface area contributed by atoms with Crippen LogP contribution in [0.25, 0.3) is 0 Å². The highest BCUT2D eigenvalue weighted by atomic mass is 35.5. The Hall–Kier alpha value is -3.44. The van der Waals surface area contributed by atoms with E-state index in [-0.39, 0.29) is 32.8 Å². The summed E-state index contributed by atoms with van der Waals surface area (Å²) in [6, 6.07) is 5.49. The van der Waals surface area contributed by atoms with Gasteiger partial charge in [-0.15, -0.1) is 0 Å². The number of non-ortho nitro benzene ring substituents is 1. The number of halogens is 2. The van der Waals surface area contributed by atoms with Crippen molar-refractivity contribution in [1.29, 1.82) is 0 Å². The van der Waals surface area contributed by atoms with E-state index in [1.807, 2.05) is 5.43 Å². The SMILES string of the molecule is O=C(COc1c(Cl)cc(Cl)cc1[N+](=O)[O-])N/N=C\c1cc([N+](=O)[O-])ccc1O. The standard InChI is InChI=1S/C15H10Cl2N4O7/c16-9-4-11(17)15(12(5-9)21(26)27)28-7-14(23)19-18-6-8-3-10(20(24)25)1-2-13(8)22/h1-6,22H,7H2,(H,19,23)/b18-6-. The number of aromatic hydroxyl groups is 1. The highest BCUT2D eigenvalue weighted by Crippen LogP contribution is 2.37. The van der Waals surface area contributed by atoms with E-state index < -0.39 is 28.0 Å². The Kier molecular flexibility index (Phi) is 6.69. The van der Waals surface area contributed by atoms with Crippen molar-refractivity contribution in [2.24, 2.45) is 5.10 Å². The number of rotatable bonds is 7. The average molecular weight is 429 g/mol. The maximum atomic E-state index is 11.8. The average Bonchev–Trinajstić information content (AvgIpc) is 2.61. The molecule has 146 valence electrons. The number of hydrogen-bond acceptors (Lipinski definition) is 8. The van der Waals surface area contributed by atoms with E-state index in [9.17, 15) is 30.1 Å². The minimum Gasteiger partial charge on any atom is -0.507 e. The number of nitrogens with zero attached hydrogens (tertiary/aromatic N) is 3. The molecule has 0 atom stereocenters. The number of benzene rings is 2. The fourth-order valence-electron chi connectivity index (χ4n) is 1.93. The van der Waals surface area contributed by atoms with Crippen LogP contribution in [0.5, 0.6) is 11.5 Å². The summed E-state index contributed by atoms with van der Waals surface area (Å²) in [6.07, 6.45) is 0.984. The first-order valence-corrected chi connectivity index (χ1v) is 8.00. The van der Waals surface area contributed by atoms with Gasteiger partial charge < -0.3 is 9.84 Å². The molecule has 0 spiro atoms. The predicted molar refractivity (Wildman–Crippen MR) is 99.1 cm³/mol. The molecule has 2 aromatic rings. The molecule has 0 aliphatic carbocycles. The number of carbonyl (C=O) groups excluding carboxylic acids is 1. The molecular formula is C15H10Cl2N4O7. The zero-order valence-electron chi connectivity index (χ0n) is 13.7. The molecule has 28 heavy (non-hydrogen) atoms. The van der Waals surface area contributed by atoms with Crippen molar-refractivity contribution >= 4 is 46.7 Å². The predicted octanol–water partition coefficient (Wildman–Crippen LogP) is 3.04. The van der Waals surface area contributed by atoms with Gasteiger partial charge in [0.25, 0.3) is 11.6 Å². The zero-order chi connectivity index (χ0) is 20.8. The van der Waals surface area contributed by atoms with Crippen molar-refractivity contribution in [2.75, 3.05) is 6.61 Å². The van der Waals surface area contributed by atoms with Gasteiger partial charge >= 0.3 is 5.69 Å². The number of nitrogens with one attached hydrogen (secondary N) is 1. The summed E-state index contributed by atoms with van der Waals surface area (Å²) in [5, 5.41) is 34.8. The molecule has 0 fully saturated rings. The molecule has 0 heterocycles. The number of hydrazone groups is 1. The fourth-order valence-corrected chi connectivity index (χ4v) is 2.47. The molecule has 0 bridgehead atoms. The van der Waals surface area contributed by atoms with Crippen LogP contribution < -0.4 is 10.2 Å². The lowest BCUT2D eigenvalue weighted by Crippen LogP contribution is -2.24. The monoisotopic (exact) mass is 428 g/mol. The number of amides is 1. The van der Waals surface area contributed by atoms with Crippen molar-refractivity contribution in [3.63, 3.8) is 0 Å². The molecule has 0 saturated heterocycles. The van der Waals surface area contributed by atoms with Gasteiger partial charge in [-0.1, -0.05) is 23.2 Å². The van der Waals surface area contributed by atoms with Gasteiger partial charge in [0.05, 0.1) is 21.1 Å². The molecular weight excluding hydrogens is 419 g/mol. The third-order valence-electron chi connectivity index (χ3n) is 3.15. The minimum absolute atomic E-state index is 0.00759. The number of phenolic OH excluding ortho intramolecular Hbond substituents is 1. The van der Waals surface area contributed by atoms with Crippen molar-refractivity contribution in [3.05, 3.63) is 66.2 Å². The van der Waals surface area contributed by atoms with Crippen LogP contribution in [-0.4, -0.2) is 33.7 Å². The summed E-state index contributed by atoms with van der Waals surface area (Å²) >= 11 is 11.5. The van der Waals surface area contributed by atoms with Crippen molar-refractivity contribution < 1.29 is 24.5 Å². The maximum Gasteiger partial charge on any atom is 0.314 e. The van der Waals surface area contributed by atoms with E-state index in [2.05, 4.69) is 5.10 Å². The number of carbonyl (C=O) groups is 1. The Morgan fingerprint density at radius 2 is 1.93 bits per heavy atom. The Labute approximate surface area is 166 Å². The van der Waals surface area contributed by atoms with Gasteiger partial charge in [0.15, 0.2) is 6.61 Å². The van der Waals surface area contributed by atoms with E-state index >= 15 is 0 Å². The first kappa shape index (κ1) is 20.9. The van der Waals surface area contributed by atoms with Gasteiger partial charge in [0.2, 0.25) is 5.75 Å². The highest BCUT2D eigenvalue weighted by Gasteiger charge is 2.21. The Bertz CT molecular complexity index is 981. The van der Waals surface area contributed by atoms with Gasteiger partial charge in [-0.2, -0.15) is 5.10 Å². The lowest BCUT2D eigenvalue weighted by Gasteiger charge is -2.08.